The molecule has 1 unspecified atom stereocenters. The number of anilines is 1. The molecule has 8 heteroatoms. The molecule has 7 nitrogen and oxygen atoms in total. The minimum Gasteiger partial charge on any atom is -0.508 e. The molecule has 3 aromatic rings. The Morgan fingerprint density at radius 2 is 1.67 bits per heavy atom. The molecule has 1 atom stereocenters. The number of carbonyl (C=O) groups excluding carboxylic acids is 1. The van der Waals surface area contributed by atoms with E-state index in [1.807, 2.05) is 0 Å². The van der Waals surface area contributed by atoms with Gasteiger partial charge in [0.25, 0.3) is 15.9 Å². The molecule has 0 aliphatic heterocycles. The van der Waals surface area contributed by atoms with Gasteiger partial charge in [-0.2, -0.15) is 0 Å². The van der Waals surface area contributed by atoms with Gasteiger partial charge in [0.05, 0.1) is 18.0 Å². The molecule has 0 aliphatic carbocycles. The van der Waals surface area contributed by atoms with E-state index in [4.69, 9.17) is 4.74 Å². The van der Waals surface area contributed by atoms with E-state index >= 15 is 0 Å². The molecular formula is C22H22N2O5S. The number of nitrogens with one attached hydrogen (secondary N) is 2. The Bertz CT molecular complexity index is 1130. The molecular weight excluding hydrogens is 404 g/mol. The lowest BCUT2D eigenvalue weighted by molar-refractivity contribution is 0.0939. The highest BCUT2D eigenvalue weighted by Crippen LogP contribution is 2.21. The number of rotatable bonds is 7. The summed E-state index contributed by atoms with van der Waals surface area (Å²) in [5, 5.41) is 12.4. The zero-order valence-corrected chi connectivity index (χ0v) is 17.3. The van der Waals surface area contributed by atoms with Gasteiger partial charge in [-0.05, 0) is 73.2 Å². The molecule has 0 spiro atoms. The molecule has 156 valence electrons. The van der Waals surface area contributed by atoms with Gasteiger partial charge in [-0.3, -0.25) is 9.52 Å². The summed E-state index contributed by atoms with van der Waals surface area (Å²) in [5.41, 5.74) is 1.48. The number of hydrogen-bond donors (Lipinski definition) is 3. The summed E-state index contributed by atoms with van der Waals surface area (Å²) >= 11 is 0. The van der Waals surface area contributed by atoms with Crippen LogP contribution in [0.1, 0.15) is 28.9 Å². The molecule has 0 fully saturated rings. The maximum atomic E-state index is 12.6. The fraction of sp³-hybridized carbons (Fsp3) is 0.136. The van der Waals surface area contributed by atoms with Gasteiger partial charge in [0.2, 0.25) is 0 Å². The number of phenolic OH excluding ortho intramolecular Hbond substituents is 1. The second-order valence-corrected chi connectivity index (χ2v) is 8.33. The fourth-order valence-electron chi connectivity index (χ4n) is 2.82. The first-order valence-corrected chi connectivity index (χ1v) is 10.6. The van der Waals surface area contributed by atoms with Crippen LogP contribution in [0.4, 0.5) is 5.69 Å². The lowest BCUT2D eigenvalue weighted by atomic mass is 10.1. The van der Waals surface area contributed by atoms with Gasteiger partial charge < -0.3 is 15.2 Å². The minimum absolute atomic E-state index is 0.0379. The van der Waals surface area contributed by atoms with Crippen LogP contribution in [0.5, 0.6) is 11.5 Å². The average Bonchev–Trinajstić information content (AvgIpc) is 2.74. The Morgan fingerprint density at radius 3 is 2.27 bits per heavy atom. The van der Waals surface area contributed by atoms with Crippen molar-refractivity contribution in [3.8, 4) is 11.5 Å². The molecule has 0 aliphatic rings. The van der Waals surface area contributed by atoms with Crippen LogP contribution in [0.25, 0.3) is 0 Å². The SMILES string of the molecule is COc1ccc(NS(=O)(=O)c2ccc(C(=O)NC(C)c3cccc(O)c3)cc2)cc1. The lowest BCUT2D eigenvalue weighted by Gasteiger charge is -2.15. The van der Waals surface area contributed by atoms with Crippen molar-refractivity contribution in [2.75, 3.05) is 11.8 Å². The summed E-state index contributed by atoms with van der Waals surface area (Å²) in [6, 6.07) is 18.4. The molecule has 30 heavy (non-hydrogen) atoms. The Kier molecular flexibility index (Phi) is 6.27. The molecule has 0 saturated carbocycles. The Morgan fingerprint density at radius 1 is 1.00 bits per heavy atom. The van der Waals surface area contributed by atoms with Crippen LogP contribution in [-0.4, -0.2) is 26.5 Å². The van der Waals surface area contributed by atoms with E-state index in [0.29, 0.717) is 17.0 Å². The third kappa shape index (κ3) is 5.09. The standard InChI is InChI=1S/C22H22N2O5S/c1-15(17-4-3-5-19(25)14-17)23-22(26)16-6-12-21(13-7-16)30(27,28)24-18-8-10-20(29-2)11-9-18/h3-15,24-25H,1-2H3,(H,23,26). The van der Waals surface area contributed by atoms with Crippen LogP contribution >= 0.6 is 0 Å². The van der Waals surface area contributed by atoms with Gasteiger partial charge in [-0.15, -0.1) is 0 Å². The van der Waals surface area contributed by atoms with Crippen molar-refractivity contribution in [2.45, 2.75) is 17.9 Å². The molecule has 3 rings (SSSR count). The van der Waals surface area contributed by atoms with Gasteiger partial charge in [0, 0.05) is 11.3 Å². The summed E-state index contributed by atoms with van der Waals surface area (Å²) < 4.78 is 32.7. The normalized spacial score (nSPS) is 12.1. The first-order chi connectivity index (χ1) is 14.3. The topological polar surface area (TPSA) is 105 Å². The number of hydrogen-bond acceptors (Lipinski definition) is 5. The van der Waals surface area contributed by atoms with Crippen molar-refractivity contribution in [1.82, 2.24) is 5.32 Å². The van der Waals surface area contributed by atoms with E-state index in [-0.39, 0.29) is 22.6 Å². The first-order valence-electron chi connectivity index (χ1n) is 9.15. The molecule has 0 bridgehead atoms. The fourth-order valence-corrected chi connectivity index (χ4v) is 3.87. The van der Waals surface area contributed by atoms with Crippen LogP contribution in [0.2, 0.25) is 0 Å². The van der Waals surface area contributed by atoms with Crippen LogP contribution in [0.3, 0.4) is 0 Å². The van der Waals surface area contributed by atoms with E-state index in [0.717, 1.165) is 5.56 Å². The summed E-state index contributed by atoms with van der Waals surface area (Å²) in [6.07, 6.45) is 0. The molecule has 0 radical (unpaired) electrons. The van der Waals surface area contributed by atoms with E-state index in [1.54, 1.807) is 55.5 Å². The Balaban J connectivity index is 1.69. The number of carbonyl (C=O) groups is 1. The number of phenols is 1. The van der Waals surface area contributed by atoms with Gasteiger partial charge in [-0.25, -0.2) is 8.42 Å². The highest BCUT2D eigenvalue weighted by molar-refractivity contribution is 7.92. The predicted molar refractivity (Wildman–Crippen MR) is 114 cm³/mol. The van der Waals surface area contributed by atoms with E-state index in [1.165, 1.54) is 31.4 Å². The number of benzene rings is 3. The molecule has 1 amide bonds. The number of aromatic hydroxyl groups is 1. The molecule has 3 N–H and O–H groups in total. The zero-order chi connectivity index (χ0) is 21.7. The number of amides is 1. The summed E-state index contributed by atoms with van der Waals surface area (Å²) in [7, 11) is -2.27. The van der Waals surface area contributed by atoms with Crippen molar-refractivity contribution in [3.05, 3.63) is 83.9 Å². The Hall–Kier alpha value is -3.52. The smallest absolute Gasteiger partial charge is 0.261 e. The lowest BCUT2D eigenvalue weighted by Crippen LogP contribution is -2.26. The molecule has 0 heterocycles. The number of ether oxygens (including phenoxy) is 1. The largest absolute Gasteiger partial charge is 0.508 e. The summed E-state index contributed by atoms with van der Waals surface area (Å²) in [4.78, 5) is 12.5. The van der Waals surface area contributed by atoms with Crippen molar-refractivity contribution in [2.24, 2.45) is 0 Å². The van der Waals surface area contributed by atoms with Gasteiger partial charge in [0.15, 0.2) is 0 Å². The average molecular weight is 426 g/mol. The Labute approximate surface area is 175 Å². The quantitative estimate of drug-likeness (QED) is 0.534. The molecule has 0 saturated heterocycles. The van der Waals surface area contributed by atoms with Crippen molar-refractivity contribution in [3.63, 3.8) is 0 Å². The monoisotopic (exact) mass is 426 g/mol. The third-order valence-corrected chi connectivity index (χ3v) is 5.88. The zero-order valence-electron chi connectivity index (χ0n) is 16.5. The summed E-state index contributed by atoms with van der Waals surface area (Å²) in [6.45, 7) is 1.80. The number of methoxy groups -OCH3 is 1. The van der Waals surface area contributed by atoms with Crippen molar-refractivity contribution >= 4 is 21.6 Å². The van der Waals surface area contributed by atoms with Crippen molar-refractivity contribution in [1.29, 1.82) is 0 Å². The van der Waals surface area contributed by atoms with Gasteiger partial charge >= 0.3 is 0 Å². The highest BCUT2D eigenvalue weighted by atomic mass is 32.2. The first kappa shape index (κ1) is 21.2. The van der Waals surface area contributed by atoms with Gasteiger partial charge in [-0.1, -0.05) is 12.1 Å². The second-order valence-electron chi connectivity index (χ2n) is 6.65. The maximum absolute atomic E-state index is 12.6. The molecule has 0 aromatic heterocycles. The second kappa shape index (κ2) is 8.87. The van der Waals surface area contributed by atoms with Crippen LogP contribution in [0, 0.1) is 0 Å². The van der Waals surface area contributed by atoms with E-state index in [2.05, 4.69) is 10.0 Å². The predicted octanol–water partition coefficient (Wildman–Crippen LogP) is 3.69. The number of sulfonamides is 1. The highest BCUT2D eigenvalue weighted by Gasteiger charge is 2.16. The summed E-state index contributed by atoms with van der Waals surface area (Å²) in [5.74, 6) is 0.388. The van der Waals surface area contributed by atoms with Gasteiger partial charge in [0.1, 0.15) is 11.5 Å². The maximum Gasteiger partial charge on any atom is 0.261 e. The van der Waals surface area contributed by atoms with E-state index in [9.17, 15) is 18.3 Å². The van der Waals surface area contributed by atoms with Crippen molar-refractivity contribution < 1.29 is 23.1 Å². The van der Waals surface area contributed by atoms with Crippen LogP contribution in [-0.2, 0) is 10.0 Å². The third-order valence-electron chi connectivity index (χ3n) is 4.49. The van der Waals surface area contributed by atoms with E-state index < -0.39 is 10.0 Å². The molecule has 3 aromatic carbocycles. The minimum atomic E-state index is -3.80. The van der Waals surface area contributed by atoms with Crippen LogP contribution in [0.15, 0.2) is 77.7 Å². The van der Waals surface area contributed by atoms with Crippen LogP contribution < -0.4 is 14.8 Å².